The van der Waals surface area contributed by atoms with Crippen LogP contribution in [0.5, 0.6) is 0 Å². The number of rotatable bonds is 2. The van der Waals surface area contributed by atoms with Crippen molar-refractivity contribution in [3.05, 3.63) is 35.9 Å². The minimum atomic E-state index is -0.843. The van der Waals surface area contributed by atoms with Gasteiger partial charge in [0.25, 0.3) is 0 Å². The van der Waals surface area contributed by atoms with Crippen molar-refractivity contribution in [2.45, 2.75) is 62.9 Å². The van der Waals surface area contributed by atoms with E-state index in [-0.39, 0.29) is 36.1 Å². The summed E-state index contributed by atoms with van der Waals surface area (Å²) in [5.41, 5.74) is 5.86. The van der Waals surface area contributed by atoms with E-state index in [0.29, 0.717) is 25.9 Å². The molecule has 3 N–H and O–H groups in total. The number of likely N-dealkylation sites (tertiary alicyclic amines) is 1. The van der Waals surface area contributed by atoms with E-state index in [1.165, 1.54) is 0 Å². The van der Waals surface area contributed by atoms with Crippen molar-refractivity contribution in [2.24, 2.45) is 5.73 Å². The topological polar surface area (TPSA) is 75.8 Å². The minimum Gasteiger partial charge on any atom is -0.393 e. The zero-order valence-corrected chi connectivity index (χ0v) is 15.8. The second kappa shape index (κ2) is 7.62. The minimum absolute atomic E-state index is 0. The molecule has 0 unspecified atom stereocenters. The van der Waals surface area contributed by atoms with Crippen LogP contribution >= 0.6 is 12.4 Å². The standard InChI is InChI=1S/C19H28N2O3.ClH/c1-18(2,20)17(23)21-10-8-19(9-11-21)13-15(22)12-16(24-19)14-6-4-3-5-7-14;/h3-7,15-16,22H,8-13,20H2,1-2H3;1H/t15-,16-;/m1./s1. The van der Waals surface area contributed by atoms with E-state index in [1.54, 1.807) is 13.8 Å². The van der Waals surface area contributed by atoms with E-state index in [1.807, 2.05) is 35.2 Å². The molecule has 2 fully saturated rings. The smallest absolute Gasteiger partial charge is 0.242 e. The summed E-state index contributed by atoms with van der Waals surface area (Å²) < 4.78 is 6.46. The number of aliphatic hydroxyl groups is 1. The van der Waals surface area contributed by atoms with Gasteiger partial charge in [0, 0.05) is 25.9 Å². The van der Waals surface area contributed by atoms with Gasteiger partial charge in [-0.15, -0.1) is 12.4 Å². The molecule has 1 aromatic rings. The number of ether oxygens (including phenoxy) is 1. The van der Waals surface area contributed by atoms with E-state index in [2.05, 4.69) is 0 Å². The fourth-order valence-corrected chi connectivity index (χ4v) is 3.88. The van der Waals surface area contributed by atoms with Crippen LogP contribution in [-0.4, -0.2) is 46.2 Å². The summed E-state index contributed by atoms with van der Waals surface area (Å²) in [6.07, 6.45) is 2.32. The molecule has 140 valence electrons. The Morgan fingerprint density at radius 1 is 1.28 bits per heavy atom. The monoisotopic (exact) mass is 368 g/mol. The maximum absolute atomic E-state index is 12.4. The molecule has 2 aliphatic rings. The Kier molecular flexibility index (Phi) is 6.15. The summed E-state index contributed by atoms with van der Waals surface area (Å²) in [5, 5.41) is 10.4. The van der Waals surface area contributed by atoms with E-state index in [4.69, 9.17) is 10.5 Å². The lowest BCUT2D eigenvalue weighted by atomic mass is 9.80. The Bertz CT molecular complexity index is 580. The number of amides is 1. The SMILES string of the molecule is CC(C)(N)C(=O)N1CCC2(CC1)C[C@H](O)C[C@H](c1ccccc1)O2.Cl. The summed E-state index contributed by atoms with van der Waals surface area (Å²) in [5.74, 6) is -0.0201. The molecule has 0 aromatic heterocycles. The molecule has 0 aliphatic carbocycles. The summed E-state index contributed by atoms with van der Waals surface area (Å²) in [6, 6.07) is 10.1. The number of nitrogens with zero attached hydrogens (tertiary/aromatic N) is 1. The molecule has 2 saturated heterocycles. The number of piperidine rings is 1. The highest BCUT2D eigenvalue weighted by molar-refractivity contribution is 5.85. The van der Waals surface area contributed by atoms with Gasteiger partial charge >= 0.3 is 0 Å². The van der Waals surface area contributed by atoms with E-state index >= 15 is 0 Å². The van der Waals surface area contributed by atoms with Gasteiger partial charge in [0.1, 0.15) is 0 Å². The van der Waals surface area contributed by atoms with Crippen LogP contribution in [0.4, 0.5) is 0 Å². The third-order valence-electron chi connectivity index (χ3n) is 5.17. The zero-order valence-electron chi connectivity index (χ0n) is 15.0. The van der Waals surface area contributed by atoms with Gasteiger partial charge in [-0.25, -0.2) is 0 Å². The van der Waals surface area contributed by atoms with Crippen molar-refractivity contribution in [1.29, 1.82) is 0 Å². The van der Waals surface area contributed by atoms with E-state index in [0.717, 1.165) is 18.4 Å². The van der Waals surface area contributed by atoms with Crippen molar-refractivity contribution in [2.75, 3.05) is 13.1 Å². The molecule has 0 bridgehead atoms. The van der Waals surface area contributed by atoms with Crippen LogP contribution in [0.15, 0.2) is 30.3 Å². The van der Waals surface area contributed by atoms with Gasteiger partial charge in [0.15, 0.2) is 0 Å². The summed E-state index contributed by atoms with van der Waals surface area (Å²) >= 11 is 0. The molecule has 1 aromatic carbocycles. The Labute approximate surface area is 155 Å². The fraction of sp³-hybridized carbons (Fsp3) is 0.632. The molecule has 1 amide bonds. The van der Waals surface area contributed by atoms with E-state index < -0.39 is 5.54 Å². The summed E-state index contributed by atoms with van der Waals surface area (Å²) in [4.78, 5) is 14.2. The molecule has 0 radical (unpaired) electrons. The van der Waals surface area contributed by atoms with Crippen molar-refractivity contribution < 1.29 is 14.6 Å². The van der Waals surface area contributed by atoms with Crippen LogP contribution in [-0.2, 0) is 9.53 Å². The lowest BCUT2D eigenvalue weighted by Gasteiger charge is -2.48. The third-order valence-corrected chi connectivity index (χ3v) is 5.17. The number of hydrogen-bond donors (Lipinski definition) is 2. The summed E-state index contributed by atoms with van der Waals surface area (Å²) in [7, 11) is 0. The normalized spacial score (nSPS) is 26.2. The fourth-order valence-electron chi connectivity index (χ4n) is 3.88. The van der Waals surface area contributed by atoms with Gasteiger partial charge in [-0.05, 0) is 32.3 Å². The van der Waals surface area contributed by atoms with Gasteiger partial charge < -0.3 is 20.5 Å². The van der Waals surface area contributed by atoms with Crippen LogP contribution < -0.4 is 5.73 Å². The second-order valence-electron chi connectivity index (χ2n) is 7.81. The zero-order chi connectivity index (χ0) is 17.4. The Morgan fingerprint density at radius 3 is 2.44 bits per heavy atom. The van der Waals surface area contributed by atoms with Gasteiger partial charge in [0.05, 0.1) is 23.3 Å². The first-order valence-electron chi connectivity index (χ1n) is 8.78. The molecule has 25 heavy (non-hydrogen) atoms. The van der Waals surface area contributed by atoms with E-state index in [9.17, 15) is 9.90 Å². The highest BCUT2D eigenvalue weighted by Crippen LogP contribution is 2.43. The predicted octanol–water partition coefficient (Wildman–Crippen LogP) is 2.42. The first-order valence-corrected chi connectivity index (χ1v) is 8.78. The molecule has 3 rings (SSSR count). The predicted molar refractivity (Wildman–Crippen MR) is 99.6 cm³/mol. The number of carbonyl (C=O) groups excluding carboxylic acids is 1. The maximum Gasteiger partial charge on any atom is 0.242 e. The Balaban J connectivity index is 0.00000225. The van der Waals surface area contributed by atoms with Gasteiger partial charge in [-0.2, -0.15) is 0 Å². The average molecular weight is 369 g/mol. The maximum atomic E-state index is 12.4. The van der Waals surface area contributed by atoms with Crippen LogP contribution in [0.2, 0.25) is 0 Å². The van der Waals surface area contributed by atoms with Gasteiger partial charge in [0.2, 0.25) is 5.91 Å². The highest BCUT2D eigenvalue weighted by Gasteiger charge is 2.45. The quantitative estimate of drug-likeness (QED) is 0.840. The van der Waals surface area contributed by atoms with Crippen LogP contribution in [0, 0.1) is 0 Å². The molecule has 1 spiro atoms. The van der Waals surface area contributed by atoms with Crippen LogP contribution in [0.25, 0.3) is 0 Å². The van der Waals surface area contributed by atoms with Gasteiger partial charge in [-0.3, -0.25) is 4.79 Å². The molecule has 6 heteroatoms. The third kappa shape index (κ3) is 4.53. The van der Waals surface area contributed by atoms with Crippen molar-refractivity contribution in [3.63, 3.8) is 0 Å². The summed E-state index contributed by atoms with van der Waals surface area (Å²) in [6.45, 7) is 4.75. The lowest BCUT2D eigenvalue weighted by molar-refractivity contribution is -0.186. The highest BCUT2D eigenvalue weighted by atomic mass is 35.5. The van der Waals surface area contributed by atoms with Crippen LogP contribution in [0.3, 0.4) is 0 Å². The molecule has 2 heterocycles. The number of benzene rings is 1. The van der Waals surface area contributed by atoms with Crippen molar-refractivity contribution in [3.8, 4) is 0 Å². The lowest BCUT2D eigenvalue weighted by Crippen LogP contribution is -2.57. The number of aliphatic hydroxyl groups excluding tert-OH is 1. The largest absolute Gasteiger partial charge is 0.393 e. The average Bonchev–Trinajstić information content (AvgIpc) is 2.54. The number of carbonyl (C=O) groups is 1. The Hall–Kier alpha value is -1.14. The Morgan fingerprint density at radius 2 is 1.88 bits per heavy atom. The number of nitrogens with two attached hydrogens (primary N) is 1. The first kappa shape index (κ1) is 20.2. The van der Waals surface area contributed by atoms with Crippen molar-refractivity contribution >= 4 is 18.3 Å². The molecular weight excluding hydrogens is 340 g/mol. The van der Waals surface area contributed by atoms with Crippen LogP contribution in [0.1, 0.15) is 51.2 Å². The number of halogens is 1. The van der Waals surface area contributed by atoms with Crippen molar-refractivity contribution in [1.82, 2.24) is 4.90 Å². The van der Waals surface area contributed by atoms with Gasteiger partial charge in [-0.1, -0.05) is 30.3 Å². The molecule has 0 saturated carbocycles. The molecule has 5 nitrogen and oxygen atoms in total. The molecular formula is C19H29ClN2O3. The first-order chi connectivity index (χ1) is 11.3. The molecule has 2 aliphatic heterocycles. The molecule has 2 atom stereocenters. The second-order valence-corrected chi connectivity index (χ2v) is 7.81. The number of hydrogen-bond acceptors (Lipinski definition) is 4.